The summed E-state index contributed by atoms with van der Waals surface area (Å²) >= 11 is 3.15. The molecular formula is C11H19N3O2S3. The summed E-state index contributed by atoms with van der Waals surface area (Å²) in [6.45, 7) is 3.27. The summed E-state index contributed by atoms with van der Waals surface area (Å²) in [6, 6.07) is 0. The Morgan fingerprint density at radius 2 is 2.37 bits per heavy atom. The Hall–Kier alpha value is -0.310. The van der Waals surface area contributed by atoms with Gasteiger partial charge in [0, 0.05) is 42.1 Å². The molecule has 0 aliphatic carbocycles. The Balaban J connectivity index is 2.00. The molecule has 1 saturated heterocycles. The lowest BCUT2D eigenvalue weighted by Gasteiger charge is -2.34. The Morgan fingerprint density at radius 3 is 3.00 bits per heavy atom. The second-order valence-electron chi connectivity index (χ2n) is 4.44. The molecule has 1 aromatic rings. The van der Waals surface area contributed by atoms with Crippen molar-refractivity contribution in [3.05, 3.63) is 11.1 Å². The lowest BCUT2D eigenvalue weighted by atomic mass is 10.3. The smallest absolute Gasteiger partial charge is 0.180 e. The lowest BCUT2D eigenvalue weighted by molar-refractivity contribution is 0.273. The van der Waals surface area contributed by atoms with Crippen molar-refractivity contribution in [3.8, 4) is 0 Å². The first-order valence-electron chi connectivity index (χ1n) is 6.26. The average Bonchev–Trinajstić information content (AvgIpc) is 2.82. The van der Waals surface area contributed by atoms with Crippen molar-refractivity contribution in [1.82, 2.24) is 9.88 Å². The third kappa shape index (κ3) is 3.84. The van der Waals surface area contributed by atoms with E-state index < -0.39 is 9.84 Å². The number of anilines is 1. The number of hydrogen-bond donors (Lipinski definition) is 1. The molecule has 0 aromatic carbocycles. The molecule has 0 spiro atoms. The molecule has 1 aliphatic heterocycles. The number of nitrogens with zero attached hydrogens (tertiary/aromatic N) is 2. The highest BCUT2D eigenvalue weighted by molar-refractivity contribution is 8.01. The number of hydrogen-bond acceptors (Lipinski definition) is 7. The van der Waals surface area contributed by atoms with E-state index in [0.717, 1.165) is 31.0 Å². The SMILES string of the molecule is CCS(=O)(=O)C1CSCCN1CCc1csc(N)n1. The maximum Gasteiger partial charge on any atom is 0.180 e. The van der Waals surface area contributed by atoms with Gasteiger partial charge in [-0.15, -0.1) is 11.3 Å². The lowest BCUT2D eigenvalue weighted by Crippen LogP contribution is -2.48. The van der Waals surface area contributed by atoms with E-state index in [0.29, 0.717) is 10.9 Å². The van der Waals surface area contributed by atoms with Gasteiger partial charge in [0.05, 0.1) is 5.69 Å². The van der Waals surface area contributed by atoms with Gasteiger partial charge in [0.15, 0.2) is 15.0 Å². The van der Waals surface area contributed by atoms with Crippen LogP contribution in [0, 0.1) is 0 Å². The molecule has 0 saturated carbocycles. The van der Waals surface area contributed by atoms with Crippen molar-refractivity contribution >= 4 is 38.1 Å². The first-order chi connectivity index (χ1) is 9.03. The van der Waals surface area contributed by atoms with E-state index in [1.165, 1.54) is 11.3 Å². The molecule has 0 bridgehead atoms. The zero-order valence-corrected chi connectivity index (χ0v) is 13.4. The number of thiazole rings is 1. The summed E-state index contributed by atoms with van der Waals surface area (Å²) in [7, 11) is -3.01. The van der Waals surface area contributed by atoms with Crippen molar-refractivity contribution in [1.29, 1.82) is 0 Å². The highest BCUT2D eigenvalue weighted by Gasteiger charge is 2.32. The van der Waals surface area contributed by atoms with Crippen LogP contribution in [0.25, 0.3) is 0 Å². The summed E-state index contributed by atoms with van der Waals surface area (Å²) < 4.78 is 24.2. The number of nitrogen functional groups attached to an aromatic ring is 1. The van der Waals surface area contributed by atoms with Crippen molar-refractivity contribution in [2.75, 3.05) is 36.1 Å². The molecular weight excluding hydrogens is 302 g/mol. The van der Waals surface area contributed by atoms with Gasteiger partial charge < -0.3 is 5.73 Å². The average molecular weight is 321 g/mol. The molecule has 1 aliphatic rings. The minimum Gasteiger partial charge on any atom is -0.375 e. The maximum absolute atomic E-state index is 12.1. The minimum absolute atomic E-state index is 0.207. The second-order valence-corrected chi connectivity index (χ2v) is 8.93. The van der Waals surface area contributed by atoms with Crippen LogP contribution in [0.15, 0.2) is 5.38 Å². The molecule has 0 amide bonds. The van der Waals surface area contributed by atoms with Crippen LogP contribution in [-0.2, 0) is 16.3 Å². The Kier molecular flexibility index (Phi) is 5.10. The predicted octanol–water partition coefficient (Wildman–Crippen LogP) is 1.08. The third-order valence-electron chi connectivity index (χ3n) is 3.23. The van der Waals surface area contributed by atoms with E-state index in [9.17, 15) is 8.42 Å². The number of rotatable bonds is 5. The van der Waals surface area contributed by atoms with Crippen LogP contribution >= 0.6 is 23.1 Å². The molecule has 1 fully saturated rings. The molecule has 2 N–H and O–H groups in total. The number of thioether (sulfide) groups is 1. The molecule has 2 heterocycles. The van der Waals surface area contributed by atoms with Crippen molar-refractivity contribution < 1.29 is 8.42 Å². The van der Waals surface area contributed by atoms with Crippen LogP contribution < -0.4 is 5.73 Å². The van der Waals surface area contributed by atoms with Gasteiger partial charge in [0.25, 0.3) is 0 Å². The minimum atomic E-state index is -3.01. The van der Waals surface area contributed by atoms with Crippen LogP contribution in [0.1, 0.15) is 12.6 Å². The van der Waals surface area contributed by atoms with E-state index in [1.807, 2.05) is 5.38 Å². The normalized spacial score (nSPS) is 21.6. The molecule has 8 heteroatoms. The summed E-state index contributed by atoms with van der Waals surface area (Å²) in [6.07, 6.45) is 0.758. The van der Waals surface area contributed by atoms with E-state index in [-0.39, 0.29) is 11.1 Å². The molecule has 1 aromatic heterocycles. The standard InChI is InChI=1S/C11H19N3O2S3/c1-2-19(15,16)10-8-17-6-5-14(10)4-3-9-7-18-11(12)13-9/h7,10H,2-6,8H2,1H3,(H2,12,13). The van der Waals surface area contributed by atoms with Crippen molar-refractivity contribution in [2.24, 2.45) is 0 Å². The Labute approximate surface area is 122 Å². The zero-order valence-electron chi connectivity index (χ0n) is 10.9. The van der Waals surface area contributed by atoms with Gasteiger partial charge in [-0.25, -0.2) is 13.4 Å². The van der Waals surface area contributed by atoms with Gasteiger partial charge in [0.2, 0.25) is 0 Å². The molecule has 5 nitrogen and oxygen atoms in total. The molecule has 2 rings (SSSR count). The van der Waals surface area contributed by atoms with E-state index in [4.69, 9.17) is 5.73 Å². The highest BCUT2D eigenvalue weighted by Crippen LogP contribution is 2.22. The monoisotopic (exact) mass is 321 g/mol. The largest absolute Gasteiger partial charge is 0.375 e. The quantitative estimate of drug-likeness (QED) is 0.874. The third-order valence-corrected chi connectivity index (χ3v) is 7.29. The van der Waals surface area contributed by atoms with E-state index in [1.54, 1.807) is 18.7 Å². The van der Waals surface area contributed by atoms with Gasteiger partial charge >= 0.3 is 0 Å². The van der Waals surface area contributed by atoms with Gasteiger partial charge in [-0.05, 0) is 0 Å². The summed E-state index contributed by atoms with van der Waals surface area (Å²) in [4.78, 5) is 6.29. The Morgan fingerprint density at radius 1 is 1.58 bits per heavy atom. The van der Waals surface area contributed by atoms with Crippen LogP contribution in [-0.4, -0.2) is 54.0 Å². The Bertz CT molecular complexity index is 515. The second kappa shape index (κ2) is 6.43. The summed E-state index contributed by atoms with van der Waals surface area (Å²) in [5, 5.41) is 2.17. The molecule has 0 radical (unpaired) electrons. The number of aromatic nitrogens is 1. The van der Waals surface area contributed by atoms with Gasteiger partial charge in [0.1, 0.15) is 5.37 Å². The van der Waals surface area contributed by atoms with Crippen LogP contribution in [0.3, 0.4) is 0 Å². The van der Waals surface area contributed by atoms with Gasteiger partial charge in [-0.1, -0.05) is 6.92 Å². The predicted molar refractivity (Wildman–Crippen MR) is 82.4 cm³/mol. The molecule has 108 valence electrons. The molecule has 1 unspecified atom stereocenters. The topological polar surface area (TPSA) is 76.3 Å². The van der Waals surface area contributed by atoms with Gasteiger partial charge in [-0.3, -0.25) is 4.90 Å². The summed E-state index contributed by atoms with van der Waals surface area (Å²) in [5.74, 6) is 1.88. The van der Waals surface area contributed by atoms with Crippen molar-refractivity contribution in [3.63, 3.8) is 0 Å². The fourth-order valence-corrected chi connectivity index (χ4v) is 5.80. The van der Waals surface area contributed by atoms with Crippen molar-refractivity contribution in [2.45, 2.75) is 18.7 Å². The fourth-order valence-electron chi connectivity index (χ4n) is 2.09. The van der Waals surface area contributed by atoms with Crippen LogP contribution in [0.4, 0.5) is 5.13 Å². The van der Waals surface area contributed by atoms with Gasteiger partial charge in [-0.2, -0.15) is 11.8 Å². The number of nitrogens with two attached hydrogens (primary N) is 1. The zero-order chi connectivity index (χ0) is 13.9. The maximum atomic E-state index is 12.1. The summed E-state index contributed by atoms with van der Waals surface area (Å²) in [5.41, 5.74) is 6.55. The van der Waals surface area contributed by atoms with Crippen LogP contribution in [0.5, 0.6) is 0 Å². The highest BCUT2D eigenvalue weighted by atomic mass is 32.2. The first-order valence-corrected chi connectivity index (χ1v) is 10.0. The van der Waals surface area contributed by atoms with E-state index >= 15 is 0 Å². The molecule has 19 heavy (non-hydrogen) atoms. The first kappa shape index (κ1) is 15.1. The van der Waals surface area contributed by atoms with Crippen LogP contribution in [0.2, 0.25) is 0 Å². The molecule has 1 atom stereocenters. The number of sulfone groups is 1. The fraction of sp³-hybridized carbons (Fsp3) is 0.727. The van der Waals surface area contributed by atoms with E-state index in [2.05, 4.69) is 9.88 Å².